The number of carbonyl (C=O) groups excluding carboxylic acids is 2. The molecule has 4 nitrogen and oxygen atoms in total. The van der Waals surface area contributed by atoms with Gasteiger partial charge in [-0.3, -0.25) is 9.59 Å². The number of halogens is 3. The van der Waals surface area contributed by atoms with Crippen LogP contribution < -0.4 is 9.47 Å². The van der Waals surface area contributed by atoms with Gasteiger partial charge in [0.05, 0.1) is 6.61 Å². The molecule has 0 heterocycles. The van der Waals surface area contributed by atoms with Crippen LogP contribution in [0.25, 0.3) is 0 Å². The molecule has 7 heteroatoms. The van der Waals surface area contributed by atoms with Gasteiger partial charge in [-0.2, -0.15) is 0 Å². The van der Waals surface area contributed by atoms with Crippen molar-refractivity contribution < 1.29 is 32.2 Å². The van der Waals surface area contributed by atoms with Crippen LogP contribution in [-0.4, -0.2) is 25.5 Å². The highest BCUT2D eigenvalue weighted by Crippen LogP contribution is 2.34. The van der Waals surface area contributed by atoms with E-state index in [-0.39, 0.29) is 29.8 Å². The van der Waals surface area contributed by atoms with Crippen LogP contribution in [0.4, 0.5) is 13.2 Å². The minimum atomic E-state index is -4.91. The van der Waals surface area contributed by atoms with Crippen molar-refractivity contribution in [2.75, 3.05) is 6.61 Å². The molecular formula is C11H9F3O4. The maximum Gasteiger partial charge on any atom is 0.573 e. The van der Waals surface area contributed by atoms with Crippen molar-refractivity contribution in [3.05, 3.63) is 23.3 Å². The maximum atomic E-state index is 12.1. The van der Waals surface area contributed by atoms with Gasteiger partial charge in [-0.25, -0.2) is 0 Å². The summed E-state index contributed by atoms with van der Waals surface area (Å²) in [5.74, 6) is -0.903. The van der Waals surface area contributed by atoms with Gasteiger partial charge >= 0.3 is 6.36 Å². The summed E-state index contributed by atoms with van der Waals surface area (Å²) in [6, 6.07) is 1.84. The molecule has 0 atom stereocenters. The third-order valence-electron chi connectivity index (χ3n) is 1.93. The Balaban J connectivity index is 3.28. The lowest BCUT2D eigenvalue weighted by atomic mass is 10.1. The zero-order valence-electron chi connectivity index (χ0n) is 9.28. The summed E-state index contributed by atoms with van der Waals surface area (Å²) in [6.07, 6.45) is -4.29. The normalized spacial score (nSPS) is 10.9. The number of aldehydes is 2. The van der Waals surface area contributed by atoms with E-state index in [9.17, 15) is 22.8 Å². The van der Waals surface area contributed by atoms with Crippen LogP contribution in [0.1, 0.15) is 27.6 Å². The van der Waals surface area contributed by atoms with Crippen LogP contribution in [0.15, 0.2) is 12.1 Å². The van der Waals surface area contributed by atoms with E-state index in [1.807, 2.05) is 0 Å². The first-order valence-electron chi connectivity index (χ1n) is 4.88. The highest BCUT2D eigenvalue weighted by molar-refractivity contribution is 5.91. The molecule has 1 aromatic rings. The predicted molar refractivity (Wildman–Crippen MR) is 55.1 cm³/mol. The van der Waals surface area contributed by atoms with Gasteiger partial charge in [0, 0.05) is 11.1 Å². The molecule has 0 aliphatic heterocycles. The first-order valence-corrected chi connectivity index (χ1v) is 4.88. The zero-order chi connectivity index (χ0) is 13.8. The molecule has 1 aromatic carbocycles. The van der Waals surface area contributed by atoms with Crippen LogP contribution in [0.2, 0.25) is 0 Å². The van der Waals surface area contributed by atoms with E-state index in [1.54, 1.807) is 6.92 Å². The first kappa shape index (κ1) is 14.0. The van der Waals surface area contributed by atoms with Gasteiger partial charge in [0.25, 0.3) is 0 Å². The fraction of sp³-hybridized carbons (Fsp3) is 0.273. The number of hydrogen-bond donors (Lipinski definition) is 0. The minimum absolute atomic E-state index is 0.0667. The lowest BCUT2D eigenvalue weighted by Gasteiger charge is -2.14. The Morgan fingerprint density at radius 3 is 2.00 bits per heavy atom. The van der Waals surface area contributed by atoms with Gasteiger partial charge in [0.2, 0.25) is 0 Å². The van der Waals surface area contributed by atoms with Gasteiger partial charge in [0.15, 0.2) is 24.1 Å². The quantitative estimate of drug-likeness (QED) is 0.765. The molecule has 0 N–H and O–H groups in total. The Hall–Kier alpha value is -2.05. The van der Waals surface area contributed by atoms with E-state index in [0.717, 1.165) is 12.1 Å². The molecule has 98 valence electrons. The van der Waals surface area contributed by atoms with Crippen molar-refractivity contribution >= 4 is 12.6 Å². The minimum Gasteiger partial charge on any atom is -0.490 e. The Labute approximate surface area is 100 Å². The third-order valence-corrected chi connectivity index (χ3v) is 1.93. The largest absolute Gasteiger partial charge is 0.573 e. The van der Waals surface area contributed by atoms with Crippen molar-refractivity contribution in [3.8, 4) is 11.5 Å². The molecule has 0 aliphatic carbocycles. The standard InChI is InChI=1S/C11H9F3O4/c1-2-17-9-3-7(5-15)8(6-16)4-10(9)18-11(12,13)14/h3-6H,2H2,1H3. The molecular weight excluding hydrogens is 253 g/mol. The second-order valence-corrected chi connectivity index (χ2v) is 3.14. The molecule has 0 aromatic heterocycles. The summed E-state index contributed by atoms with van der Waals surface area (Å²) >= 11 is 0. The van der Waals surface area contributed by atoms with Crippen LogP contribution in [-0.2, 0) is 0 Å². The van der Waals surface area contributed by atoms with Crippen molar-refractivity contribution in [3.63, 3.8) is 0 Å². The average molecular weight is 262 g/mol. The van der Waals surface area contributed by atoms with E-state index in [1.165, 1.54) is 0 Å². The Kier molecular flexibility index (Phi) is 4.30. The molecule has 0 spiro atoms. The fourth-order valence-corrected chi connectivity index (χ4v) is 1.27. The monoisotopic (exact) mass is 262 g/mol. The number of benzene rings is 1. The summed E-state index contributed by atoms with van der Waals surface area (Å²) in [5.41, 5.74) is -0.268. The number of hydrogen-bond acceptors (Lipinski definition) is 4. The number of alkyl halides is 3. The van der Waals surface area contributed by atoms with Gasteiger partial charge < -0.3 is 9.47 Å². The highest BCUT2D eigenvalue weighted by atomic mass is 19.4. The smallest absolute Gasteiger partial charge is 0.490 e. The van der Waals surface area contributed by atoms with E-state index < -0.39 is 12.1 Å². The lowest BCUT2D eigenvalue weighted by Crippen LogP contribution is -2.18. The predicted octanol–water partition coefficient (Wildman–Crippen LogP) is 2.61. The number of rotatable bonds is 5. The molecule has 0 amide bonds. The molecule has 0 bridgehead atoms. The summed E-state index contributed by atoms with van der Waals surface area (Å²) < 4.78 is 45.1. The molecule has 18 heavy (non-hydrogen) atoms. The van der Waals surface area contributed by atoms with Gasteiger partial charge in [-0.05, 0) is 19.1 Å². The average Bonchev–Trinajstić information content (AvgIpc) is 2.29. The maximum absolute atomic E-state index is 12.1. The van der Waals surface area contributed by atoms with E-state index in [4.69, 9.17) is 4.74 Å². The summed E-state index contributed by atoms with van der Waals surface area (Å²) in [7, 11) is 0. The molecule has 0 saturated carbocycles. The van der Waals surface area contributed by atoms with Crippen molar-refractivity contribution in [2.24, 2.45) is 0 Å². The highest BCUT2D eigenvalue weighted by Gasteiger charge is 2.33. The summed E-state index contributed by atoms with van der Waals surface area (Å²) in [6.45, 7) is 1.65. The fourth-order valence-electron chi connectivity index (χ4n) is 1.27. The van der Waals surface area contributed by atoms with Gasteiger partial charge in [0.1, 0.15) is 0 Å². The van der Waals surface area contributed by atoms with Crippen molar-refractivity contribution in [1.29, 1.82) is 0 Å². The Bertz CT molecular complexity index is 454. The second kappa shape index (κ2) is 5.52. The second-order valence-electron chi connectivity index (χ2n) is 3.14. The topological polar surface area (TPSA) is 52.6 Å². The van der Waals surface area contributed by atoms with Crippen LogP contribution in [0.5, 0.6) is 11.5 Å². The molecule has 0 unspecified atom stereocenters. The van der Waals surface area contributed by atoms with Gasteiger partial charge in [-0.15, -0.1) is 13.2 Å². The molecule has 0 radical (unpaired) electrons. The summed E-state index contributed by atoms with van der Waals surface area (Å²) in [4.78, 5) is 21.3. The van der Waals surface area contributed by atoms with Crippen LogP contribution >= 0.6 is 0 Å². The zero-order valence-corrected chi connectivity index (χ0v) is 9.28. The van der Waals surface area contributed by atoms with Gasteiger partial charge in [-0.1, -0.05) is 0 Å². The van der Waals surface area contributed by atoms with Crippen molar-refractivity contribution in [1.82, 2.24) is 0 Å². The van der Waals surface area contributed by atoms with E-state index in [0.29, 0.717) is 6.29 Å². The molecule has 1 rings (SSSR count). The first-order chi connectivity index (χ1) is 8.41. The number of carbonyl (C=O) groups is 2. The Morgan fingerprint density at radius 2 is 1.61 bits per heavy atom. The van der Waals surface area contributed by atoms with Crippen molar-refractivity contribution in [2.45, 2.75) is 13.3 Å². The molecule has 0 saturated heterocycles. The van der Waals surface area contributed by atoms with Crippen LogP contribution in [0, 0.1) is 0 Å². The summed E-state index contributed by atoms with van der Waals surface area (Å²) in [5, 5.41) is 0. The molecule has 0 fully saturated rings. The van der Waals surface area contributed by atoms with E-state index >= 15 is 0 Å². The SMILES string of the molecule is CCOc1cc(C=O)c(C=O)cc1OC(F)(F)F. The third kappa shape index (κ3) is 3.47. The van der Waals surface area contributed by atoms with E-state index in [2.05, 4.69) is 4.74 Å². The van der Waals surface area contributed by atoms with Crippen LogP contribution in [0.3, 0.4) is 0 Å². The molecule has 0 aliphatic rings. The lowest BCUT2D eigenvalue weighted by molar-refractivity contribution is -0.275. The Morgan fingerprint density at radius 1 is 1.11 bits per heavy atom. The number of ether oxygens (including phenoxy) is 2.